The van der Waals surface area contributed by atoms with E-state index in [1.54, 1.807) is 31.4 Å². The lowest BCUT2D eigenvalue weighted by Crippen LogP contribution is -2.31. The van der Waals surface area contributed by atoms with Crippen LogP contribution < -0.4 is 4.74 Å². The topological polar surface area (TPSA) is 137 Å². The number of carbonyl (C=O) groups is 2. The lowest BCUT2D eigenvalue weighted by molar-refractivity contribution is -0.385. The number of furan rings is 1. The van der Waals surface area contributed by atoms with E-state index in [9.17, 15) is 19.7 Å². The van der Waals surface area contributed by atoms with Crippen LogP contribution in [0.4, 0.5) is 5.69 Å². The Bertz CT molecular complexity index is 1250. The van der Waals surface area contributed by atoms with Gasteiger partial charge in [0, 0.05) is 12.5 Å². The minimum Gasteiger partial charge on any atom is -0.497 e. The summed E-state index contributed by atoms with van der Waals surface area (Å²) in [4.78, 5) is 39.6. The van der Waals surface area contributed by atoms with Crippen LogP contribution in [0.3, 0.4) is 0 Å². The summed E-state index contributed by atoms with van der Waals surface area (Å²) in [6, 6.07) is 11.3. The fourth-order valence-electron chi connectivity index (χ4n) is 3.50. The molecule has 0 bridgehead atoms. The molecule has 11 heteroatoms. The molecule has 1 unspecified atom stereocenters. The summed E-state index contributed by atoms with van der Waals surface area (Å²) in [6.07, 6.45) is 2.94. The Morgan fingerprint density at radius 3 is 2.68 bits per heavy atom. The van der Waals surface area contributed by atoms with Crippen LogP contribution in [0.1, 0.15) is 39.8 Å². The average Bonchev–Trinajstić information content (AvgIpc) is 3.52. The van der Waals surface area contributed by atoms with Crippen molar-refractivity contribution in [3.05, 3.63) is 87.6 Å². The van der Waals surface area contributed by atoms with Gasteiger partial charge in [-0.3, -0.25) is 19.9 Å². The summed E-state index contributed by atoms with van der Waals surface area (Å²) < 4.78 is 15.8. The molecule has 2 aromatic heterocycles. The lowest BCUT2D eigenvalue weighted by Gasteiger charge is -2.19. The standard InChI is InChI=1S/C23H20N4O7/c1-14-18(10-16(12-24-14)27(30)31)23(29)34-13-22(28)26-20(21-4-3-9-33-21)11-19(25-26)15-5-7-17(32-2)8-6-15/h3-10,12,20H,11,13H2,1-2H3. The van der Waals surface area contributed by atoms with Gasteiger partial charge in [0.1, 0.15) is 23.7 Å². The fourth-order valence-corrected chi connectivity index (χ4v) is 3.50. The molecule has 1 atom stereocenters. The van der Waals surface area contributed by atoms with Crippen LogP contribution in [-0.4, -0.2) is 46.2 Å². The van der Waals surface area contributed by atoms with Gasteiger partial charge in [0.25, 0.3) is 11.6 Å². The number of aromatic nitrogens is 1. The van der Waals surface area contributed by atoms with E-state index in [1.807, 2.05) is 12.1 Å². The van der Waals surface area contributed by atoms with Gasteiger partial charge in [-0.15, -0.1) is 0 Å². The van der Waals surface area contributed by atoms with Crippen LogP contribution in [-0.2, 0) is 9.53 Å². The molecule has 1 aromatic carbocycles. The maximum atomic E-state index is 13.0. The molecule has 0 radical (unpaired) electrons. The fraction of sp³-hybridized carbons (Fsp3) is 0.217. The van der Waals surface area contributed by atoms with E-state index in [1.165, 1.54) is 18.2 Å². The van der Waals surface area contributed by atoms with Gasteiger partial charge in [0.2, 0.25) is 0 Å². The van der Waals surface area contributed by atoms with Crippen molar-refractivity contribution in [1.82, 2.24) is 9.99 Å². The third kappa shape index (κ3) is 4.63. The number of nitrogens with zero attached hydrogens (tertiary/aromatic N) is 4. The first-order valence-electron chi connectivity index (χ1n) is 10.2. The molecule has 0 spiro atoms. The van der Waals surface area contributed by atoms with E-state index >= 15 is 0 Å². The normalized spacial score (nSPS) is 15.1. The van der Waals surface area contributed by atoms with Crippen LogP contribution in [0.25, 0.3) is 0 Å². The minimum atomic E-state index is -0.893. The van der Waals surface area contributed by atoms with Crippen LogP contribution in [0.2, 0.25) is 0 Å². The highest BCUT2D eigenvalue weighted by atomic mass is 16.6. The molecule has 0 saturated heterocycles. The van der Waals surface area contributed by atoms with Crippen molar-refractivity contribution in [2.24, 2.45) is 5.10 Å². The first kappa shape index (κ1) is 22.6. The SMILES string of the molecule is COc1ccc(C2=NN(C(=O)COC(=O)c3cc([N+](=O)[O-])cnc3C)C(c3ccco3)C2)cc1. The van der Waals surface area contributed by atoms with Gasteiger partial charge in [0.05, 0.1) is 35.3 Å². The number of pyridine rings is 1. The van der Waals surface area contributed by atoms with E-state index in [2.05, 4.69) is 10.1 Å². The van der Waals surface area contributed by atoms with Gasteiger partial charge in [-0.05, 0) is 48.9 Å². The molecule has 0 N–H and O–H groups in total. The Morgan fingerprint density at radius 2 is 2.03 bits per heavy atom. The van der Waals surface area contributed by atoms with Crippen molar-refractivity contribution >= 4 is 23.3 Å². The lowest BCUT2D eigenvalue weighted by atomic mass is 10.0. The van der Waals surface area contributed by atoms with Gasteiger partial charge < -0.3 is 13.9 Å². The smallest absolute Gasteiger partial charge is 0.340 e. The second-order valence-corrected chi connectivity index (χ2v) is 7.41. The summed E-state index contributed by atoms with van der Waals surface area (Å²) in [5, 5.41) is 16.7. The average molecular weight is 464 g/mol. The maximum Gasteiger partial charge on any atom is 0.340 e. The highest BCUT2D eigenvalue weighted by Gasteiger charge is 2.35. The Hall–Kier alpha value is -4.54. The molecule has 0 aliphatic carbocycles. The Balaban J connectivity index is 1.52. The van der Waals surface area contributed by atoms with Crippen molar-refractivity contribution in [3.63, 3.8) is 0 Å². The summed E-state index contributed by atoms with van der Waals surface area (Å²) >= 11 is 0. The molecular weight excluding hydrogens is 444 g/mol. The van der Waals surface area contributed by atoms with E-state index in [0.717, 1.165) is 17.8 Å². The zero-order valence-electron chi connectivity index (χ0n) is 18.3. The Labute approximate surface area is 193 Å². The molecule has 1 aliphatic rings. The highest BCUT2D eigenvalue weighted by Crippen LogP contribution is 2.33. The molecule has 174 valence electrons. The number of amides is 1. The zero-order chi connectivity index (χ0) is 24.2. The van der Waals surface area contributed by atoms with Crippen LogP contribution >= 0.6 is 0 Å². The summed E-state index contributed by atoms with van der Waals surface area (Å²) in [6.45, 7) is 0.901. The minimum absolute atomic E-state index is 0.0894. The summed E-state index contributed by atoms with van der Waals surface area (Å²) in [5.41, 5.74) is 1.27. The van der Waals surface area contributed by atoms with Gasteiger partial charge in [-0.2, -0.15) is 5.10 Å². The highest BCUT2D eigenvalue weighted by molar-refractivity contribution is 6.03. The first-order chi connectivity index (χ1) is 16.4. The van der Waals surface area contributed by atoms with Crippen molar-refractivity contribution in [3.8, 4) is 5.75 Å². The van der Waals surface area contributed by atoms with E-state index in [-0.39, 0.29) is 16.9 Å². The zero-order valence-corrected chi connectivity index (χ0v) is 18.3. The number of hydrogen-bond acceptors (Lipinski definition) is 9. The largest absolute Gasteiger partial charge is 0.497 e. The number of hydrogen-bond donors (Lipinski definition) is 0. The number of ether oxygens (including phenoxy) is 2. The number of carbonyl (C=O) groups excluding carboxylic acids is 2. The van der Waals surface area contributed by atoms with Crippen LogP contribution in [0, 0.1) is 17.0 Å². The molecule has 11 nitrogen and oxygen atoms in total. The van der Waals surface area contributed by atoms with Gasteiger partial charge in [0.15, 0.2) is 6.61 Å². The Morgan fingerprint density at radius 1 is 1.26 bits per heavy atom. The van der Waals surface area contributed by atoms with Gasteiger partial charge in [-0.1, -0.05) is 0 Å². The molecular formula is C23H20N4O7. The van der Waals surface area contributed by atoms with Crippen molar-refractivity contribution in [1.29, 1.82) is 0 Å². The predicted octanol–water partition coefficient (Wildman–Crippen LogP) is 3.43. The molecule has 0 saturated carbocycles. The summed E-state index contributed by atoms with van der Waals surface area (Å²) in [5.74, 6) is -0.245. The predicted molar refractivity (Wildman–Crippen MR) is 118 cm³/mol. The van der Waals surface area contributed by atoms with E-state index in [0.29, 0.717) is 23.6 Å². The molecule has 3 heterocycles. The quantitative estimate of drug-likeness (QED) is 0.295. The Kier molecular flexibility index (Phi) is 6.35. The second-order valence-electron chi connectivity index (χ2n) is 7.41. The number of hydrazone groups is 1. The number of benzene rings is 1. The molecule has 1 amide bonds. The third-order valence-electron chi connectivity index (χ3n) is 5.29. The summed E-state index contributed by atoms with van der Waals surface area (Å²) in [7, 11) is 1.57. The van der Waals surface area contributed by atoms with Crippen molar-refractivity contribution in [2.45, 2.75) is 19.4 Å². The molecule has 0 fully saturated rings. The monoisotopic (exact) mass is 464 g/mol. The maximum absolute atomic E-state index is 13.0. The van der Waals surface area contributed by atoms with Crippen LogP contribution in [0.15, 0.2) is 64.4 Å². The number of nitro groups is 1. The third-order valence-corrected chi connectivity index (χ3v) is 5.29. The van der Waals surface area contributed by atoms with Crippen molar-refractivity contribution in [2.75, 3.05) is 13.7 Å². The van der Waals surface area contributed by atoms with Crippen molar-refractivity contribution < 1.29 is 28.4 Å². The number of methoxy groups -OCH3 is 1. The molecule has 34 heavy (non-hydrogen) atoms. The van der Waals surface area contributed by atoms with Gasteiger partial charge in [-0.25, -0.2) is 9.80 Å². The second kappa shape index (κ2) is 9.53. The number of rotatable bonds is 7. The van der Waals surface area contributed by atoms with E-state index in [4.69, 9.17) is 13.9 Å². The number of aryl methyl sites for hydroxylation is 1. The van der Waals surface area contributed by atoms with E-state index < -0.39 is 29.4 Å². The molecule has 1 aliphatic heterocycles. The van der Waals surface area contributed by atoms with Gasteiger partial charge >= 0.3 is 5.97 Å². The van der Waals surface area contributed by atoms with Crippen LogP contribution in [0.5, 0.6) is 5.75 Å². The molecule has 4 rings (SSSR count). The first-order valence-corrected chi connectivity index (χ1v) is 10.2. The molecule has 3 aromatic rings. The number of esters is 1.